The number of nitro benzene ring substituents is 1. The van der Waals surface area contributed by atoms with Crippen LogP contribution in [0.25, 0.3) is 0 Å². The van der Waals surface area contributed by atoms with Gasteiger partial charge in [0.1, 0.15) is 5.82 Å². The van der Waals surface area contributed by atoms with E-state index < -0.39 is 29.2 Å². The fraction of sp³-hybridized carbons (Fsp3) is 0.0667. The minimum absolute atomic E-state index is 0.0699. The molecule has 0 heterocycles. The second kappa shape index (κ2) is 7.18. The predicted molar refractivity (Wildman–Crippen MR) is 82.8 cm³/mol. The first-order valence-corrected chi connectivity index (χ1v) is 6.63. The van der Waals surface area contributed by atoms with Gasteiger partial charge in [0.15, 0.2) is 6.61 Å². The third-order valence-electron chi connectivity index (χ3n) is 2.91. The number of hydrogen-bond acceptors (Lipinski definition) is 6. The predicted octanol–water partition coefficient (Wildman–Crippen LogP) is 2.11. The van der Waals surface area contributed by atoms with Gasteiger partial charge in [0.2, 0.25) is 0 Å². The van der Waals surface area contributed by atoms with E-state index in [1.165, 1.54) is 18.2 Å². The van der Waals surface area contributed by atoms with Gasteiger partial charge < -0.3 is 15.8 Å². The highest BCUT2D eigenvalue weighted by molar-refractivity contribution is 5.98. The van der Waals surface area contributed by atoms with Gasteiger partial charge in [-0.3, -0.25) is 14.9 Å². The molecular formula is C15H12FN3O5. The van der Waals surface area contributed by atoms with Crippen LogP contribution in [0.15, 0.2) is 42.5 Å². The molecule has 0 fully saturated rings. The maximum Gasteiger partial charge on any atom is 0.340 e. The molecular weight excluding hydrogens is 321 g/mol. The summed E-state index contributed by atoms with van der Waals surface area (Å²) in [6, 6.07) is 8.43. The average molecular weight is 333 g/mol. The van der Waals surface area contributed by atoms with E-state index in [0.29, 0.717) is 0 Å². The fourth-order valence-electron chi connectivity index (χ4n) is 1.82. The van der Waals surface area contributed by atoms with Gasteiger partial charge in [0, 0.05) is 23.5 Å². The van der Waals surface area contributed by atoms with Gasteiger partial charge in [-0.2, -0.15) is 0 Å². The van der Waals surface area contributed by atoms with Crippen LogP contribution in [-0.2, 0) is 9.53 Å². The van der Waals surface area contributed by atoms with Crippen molar-refractivity contribution in [3.05, 3.63) is 64.0 Å². The quantitative estimate of drug-likeness (QED) is 0.374. The van der Waals surface area contributed by atoms with E-state index in [9.17, 15) is 24.1 Å². The molecule has 8 nitrogen and oxygen atoms in total. The van der Waals surface area contributed by atoms with E-state index in [-0.39, 0.29) is 22.6 Å². The molecule has 0 saturated carbocycles. The zero-order valence-electron chi connectivity index (χ0n) is 12.2. The van der Waals surface area contributed by atoms with Gasteiger partial charge in [-0.05, 0) is 24.3 Å². The number of carbonyl (C=O) groups excluding carboxylic acids is 2. The number of non-ortho nitro benzene ring substituents is 1. The van der Waals surface area contributed by atoms with Gasteiger partial charge in [-0.1, -0.05) is 6.07 Å². The van der Waals surface area contributed by atoms with Crippen molar-refractivity contribution in [1.82, 2.24) is 0 Å². The maximum absolute atomic E-state index is 12.9. The van der Waals surface area contributed by atoms with Crippen LogP contribution in [0, 0.1) is 15.9 Å². The molecule has 0 bridgehead atoms. The number of anilines is 2. The second-order valence-electron chi connectivity index (χ2n) is 4.66. The highest BCUT2D eigenvalue weighted by Crippen LogP contribution is 2.17. The van der Waals surface area contributed by atoms with Crippen LogP contribution in [0.1, 0.15) is 10.4 Å². The molecule has 0 saturated heterocycles. The SMILES string of the molecule is Nc1cc(F)ccc1C(=O)OCC(=O)Nc1cccc([N+](=O)[O-])c1. The molecule has 0 atom stereocenters. The van der Waals surface area contributed by atoms with Crippen LogP contribution in [-0.4, -0.2) is 23.4 Å². The van der Waals surface area contributed by atoms with Crippen molar-refractivity contribution in [2.45, 2.75) is 0 Å². The van der Waals surface area contributed by atoms with E-state index in [0.717, 1.165) is 24.3 Å². The first-order valence-electron chi connectivity index (χ1n) is 6.63. The lowest BCUT2D eigenvalue weighted by atomic mass is 10.2. The average Bonchev–Trinajstić information content (AvgIpc) is 2.53. The van der Waals surface area contributed by atoms with Gasteiger partial charge in [0.05, 0.1) is 10.5 Å². The molecule has 0 aromatic heterocycles. The zero-order valence-corrected chi connectivity index (χ0v) is 12.2. The Morgan fingerprint density at radius 3 is 2.67 bits per heavy atom. The summed E-state index contributed by atoms with van der Waals surface area (Å²) in [6.07, 6.45) is 0. The summed E-state index contributed by atoms with van der Waals surface area (Å²) in [4.78, 5) is 33.5. The van der Waals surface area contributed by atoms with E-state index >= 15 is 0 Å². The molecule has 0 unspecified atom stereocenters. The minimum Gasteiger partial charge on any atom is -0.452 e. The van der Waals surface area contributed by atoms with Gasteiger partial charge in [-0.25, -0.2) is 9.18 Å². The van der Waals surface area contributed by atoms with E-state index in [1.807, 2.05) is 0 Å². The van der Waals surface area contributed by atoms with E-state index in [1.54, 1.807) is 0 Å². The van der Waals surface area contributed by atoms with Crippen molar-refractivity contribution >= 4 is 28.9 Å². The Morgan fingerprint density at radius 1 is 1.25 bits per heavy atom. The third-order valence-corrected chi connectivity index (χ3v) is 2.91. The van der Waals surface area contributed by atoms with Crippen molar-refractivity contribution < 1.29 is 23.6 Å². The standard InChI is InChI=1S/C15H12FN3O5/c16-9-4-5-12(13(17)6-9)15(21)24-8-14(20)18-10-2-1-3-11(7-10)19(22)23/h1-7H,8,17H2,(H,18,20). The van der Waals surface area contributed by atoms with Crippen molar-refractivity contribution in [1.29, 1.82) is 0 Å². The molecule has 9 heteroatoms. The molecule has 124 valence electrons. The molecule has 1 amide bonds. The number of nitro groups is 1. The number of rotatable bonds is 5. The van der Waals surface area contributed by atoms with Crippen molar-refractivity contribution in [3.8, 4) is 0 Å². The Morgan fingerprint density at radius 2 is 2.00 bits per heavy atom. The smallest absolute Gasteiger partial charge is 0.340 e. The normalized spacial score (nSPS) is 10.0. The number of nitrogens with one attached hydrogen (secondary N) is 1. The lowest BCUT2D eigenvalue weighted by molar-refractivity contribution is -0.384. The number of amides is 1. The van der Waals surface area contributed by atoms with Crippen LogP contribution in [0.2, 0.25) is 0 Å². The van der Waals surface area contributed by atoms with Crippen LogP contribution in [0.5, 0.6) is 0 Å². The van der Waals surface area contributed by atoms with Crippen molar-refractivity contribution in [3.63, 3.8) is 0 Å². The topological polar surface area (TPSA) is 125 Å². The number of esters is 1. The summed E-state index contributed by atoms with van der Waals surface area (Å²) in [6.45, 7) is -0.627. The van der Waals surface area contributed by atoms with Gasteiger partial charge >= 0.3 is 5.97 Å². The van der Waals surface area contributed by atoms with E-state index in [4.69, 9.17) is 10.5 Å². The van der Waals surface area contributed by atoms with Crippen LogP contribution in [0.3, 0.4) is 0 Å². The van der Waals surface area contributed by atoms with Crippen molar-refractivity contribution in [2.75, 3.05) is 17.7 Å². The number of nitrogen functional groups attached to an aromatic ring is 1. The number of nitrogens with two attached hydrogens (primary N) is 1. The van der Waals surface area contributed by atoms with Gasteiger partial charge in [0.25, 0.3) is 11.6 Å². The highest BCUT2D eigenvalue weighted by Gasteiger charge is 2.14. The molecule has 24 heavy (non-hydrogen) atoms. The molecule has 3 N–H and O–H groups in total. The molecule has 0 aliphatic carbocycles. The van der Waals surface area contributed by atoms with Gasteiger partial charge in [-0.15, -0.1) is 0 Å². The Hall–Kier alpha value is -3.49. The first kappa shape index (κ1) is 16.9. The number of nitrogens with zero attached hydrogens (tertiary/aromatic N) is 1. The Balaban J connectivity index is 1.94. The third kappa shape index (κ3) is 4.26. The fourth-order valence-corrected chi connectivity index (χ4v) is 1.82. The maximum atomic E-state index is 12.9. The Kier molecular flexibility index (Phi) is 5.05. The number of hydrogen-bond donors (Lipinski definition) is 2. The monoisotopic (exact) mass is 333 g/mol. The minimum atomic E-state index is -0.887. The summed E-state index contributed by atoms with van der Waals surface area (Å²) in [7, 11) is 0. The largest absolute Gasteiger partial charge is 0.452 e. The number of halogens is 1. The number of benzene rings is 2. The second-order valence-corrected chi connectivity index (χ2v) is 4.66. The molecule has 2 rings (SSSR count). The Labute approximate surface area is 135 Å². The summed E-state index contributed by atoms with van der Waals surface area (Å²) in [5.41, 5.74) is 5.31. The van der Waals surface area contributed by atoms with Crippen LogP contribution >= 0.6 is 0 Å². The van der Waals surface area contributed by atoms with E-state index in [2.05, 4.69) is 5.32 Å². The molecule has 2 aromatic carbocycles. The number of carbonyl (C=O) groups is 2. The molecule has 0 aliphatic heterocycles. The summed E-state index contributed by atoms with van der Waals surface area (Å²) >= 11 is 0. The lowest BCUT2D eigenvalue weighted by Gasteiger charge is -2.08. The van der Waals surface area contributed by atoms with Crippen LogP contribution < -0.4 is 11.1 Å². The summed E-state index contributed by atoms with van der Waals surface area (Å²) in [5.74, 6) is -2.18. The molecule has 0 aliphatic rings. The number of ether oxygens (including phenoxy) is 1. The Bertz CT molecular complexity index is 809. The van der Waals surface area contributed by atoms with Crippen LogP contribution in [0.4, 0.5) is 21.5 Å². The lowest BCUT2D eigenvalue weighted by Crippen LogP contribution is -2.21. The molecule has 0 radical (unpaired) electrons. The zero-order chi connectivity index (χ0) is 17.7. The summed E-state index contributed by atoms with van der Waals surface area (Å²) < 4.78 is 17.7. The first-order chi connectivity index (χ1) is 11.4. The molecule has 2 aromatic rings. The molecule has 0 spiro atoms. The highest BCUT2D eigenvalue weighted by atomic mass is 19.1. The summed E-state index contributed by atoms with van der Waals surface area (Å²) in [5, 5.41) is 13.0. The van der Waals surface area contributed by atoms with Crippen molar-refractivity contribution in [2.24, 2.45) is 0 Å².